The largest absolute Gasteiger partial charge is 0.337 e. The highest BCUT2D eigenvalue weighted by molar-refractivity contribution is 5.74. The highest BCUT2D eigenvalue weighted by Gasteiger charge is 2.26. The van der Waals surface area contributed by atoms with Crippen molar-refractivity contribution < 1.29 is 9.18 Å². The van der Waals surface area contributed by atoms with Gasteiger partial charge in [-0.3, -0.25) is 0 Å². The topological polar surface area (TPSA) is 50.2 Å². The van der Waals surface area contributed by atoms with E-state index < -0.39 is 0 Å². The Morgan fingerprint density at radius 1 is 1.26 bits per heavy atom. The molecule has 2 aliphatic rings. The molecule has 0 radical (unpaired) electrons. The Labute approximate surface area is 159 Å². The number of nitrogens with zero attached hydrogens (tertiary/aromatic N) is 3. The summed E-state index contributed by atoms with van der Waals surface area (Å²) in [5, 5.41) is 3.11. The minimum absolute atomic E-state index is 0.0213. The third kappa shape index (κ3) is 3.84. The van der Waals surface area contributed by atoms with Crippen LogP contribution in [-0.4, -0.2) is 40.1 Å². The molecule has 2 amide bonds. The molecular weight excluding hydrogens is 343 g/mol. The van der Waals surface area contributed by atoms with Gasteiger partial charge in [-0.05, 0) is 61.8 Å². The maximum absolute atomic E-state index is 13.3. The van der Waals surface area contributed by atoms with Crippen LogP contribution in [0, 0.1) is 12.7 Å². The van der Waals surface area contributed by atoms with Gasteiger partial charge in [-0.15, -0.1) is 0 Å². The van der Waals surface area contributed by atoms with Gasteiger partial charge in [-0.2, -0.15) is 0 Å². The average molecular weight is 370 g/mol. The van der Waals surface area contributed by atoms with Crippen LogP contribution in [0.25, 0.3) is 0 Å². The molecule has 4 rings (SSSR count). The first-order valence-corrected chi connectivity index (χ1v) is 9.91. The number of aromatic nitrogens is 2. The number of hydrogen-bond donors (Lipinski definition) is 1. The number of imidazole rings is 1. The lowest BCUT2D eigenvalue weighted by Crippen LogP contribution is -2.45. The van der Waals surface area contributed by atoms with Gasteiger partial charge in [0.1, 0.15) is 11.6 Å². The number of aryl methyl sites for hydroxylation is 2. The minimum atomic E-state index is -0.184. The number of carbonyl (C=O) groups is 1. The van der Waals surface area contributed by atoms with E-state index >= 15 is 0 Å². The molecule has 0 bridgehead atoms. The van der Waals surface area contributed by atoms with E-state index in [0.29, 0.717) is 18.4 Å². The van der Waals surface area contributed by atoms with E-state index in [1.54, 1.807) is 6.07 Å². The van der Waals surface area contributed by atoms with Crippen LogP contribution >= 0.6 is 0 Å². The Balaban J connectivity index is 1.29. The Morgan fingerprint density at radius 3 is 2.85 bits per heavy atom. The zero-order valence-corrected chi connectivity index (χ0v) is 15.8. The van der Waals surface area contributed by atoms with Gasteiger partial charge in [0.25, 0.3) is 0 Å². The smallest absolute Gasteiger partial charge is 0.317 e. The highest BCUT2D eigenvalue weighted by Crippen LogP contribution is 2.31. The molecule has 3 heterocycles. The van der Waals surface area contributed by atoms with Crippen LogP contribution < -0.4 is 5.32 Å². The number of urea groups is 1. The van der Waals surface area contributed by atoms with Crippen LogP contribution in [0.5, 0.6) is 0 Å². The Kier molecular flexibility index (Phi) is 5.14. The standard InChI is InChI=1S/C21H27FN4O/c1-15-13-18(22)4-5-19(15)16-6-10-26(11-7-16)21(27)24-14-17-3-2-9-25-12-8-23-20(17)25/h4-5,8,12-13,16-17H,2-3,6-7,9-11,14H2,1H3,(H,24,27). The van der Waals surface area contributed by atoms with Crippen molar-refractivity contribution in [3.05, 3.63) is 53.4 Å². The number of halogens is 1. The van der Waals surface area contributed by atoms with Crippen molar-refractivity contribution in [3.8, 4) is 0 Å². The maximum atomic E-state index is 13.3. The Hall–Kier alpha value is -2.37. The third-order valence-corrected chi connectivity index (χ3v) is 6.02. The molecule has 0 aliphatic carbocycles. The van der Waals surface area contributed by atoms with Crippen molar-refractivity contribution in [3.63, 3.8) is 0 Å². The number of amides is 2. The normalized spacial score (nSPS) is 20.4. The number of piperidine rings is 1. The van der Waals surface area contributed by atoms with E-state index in [1.807, 2.05) is 30.3 Å². The molecule has 1 fully saturated rings. The molecule has 2 aromatic rings. The van der Waals surface area contributed by atoms with Crippen LogP contribution in [0.1, 0.15) is 54.5 Å². The fourth-order valence-corrected chi connectivity index (χ4v) is 4.51. The maximum Gasteiger partial charge on any atom is 0.317 e. The number of benzene rings is 1. The number of rotatable bonds is 3. The van der Waals surface area contributed by atoms with E-state index in [-0.39, 0.29) is 11.8 Å². The molecule has 5 nitrogen and oxygen atoms in total. The monoisotopic (exact) mass is 370 g/mol. The summed E-state index contributed by atoms with van der Waals surface area (Å²) in [5.74, 6) is 1.61. The van der Waals surface area contributed by atoms with Crippen molar-refractivity contribution >= 4 is 6.03 Å². The summed E-state index contributed by atoms with van der Waals surface area (Å²) in [5.41, 5.74) is 2.22. The van der Waals surface area contributed by atoms with Crippen LogP contribution in [0.15, 0.2) is 30.6 Å². The first-order valence-electron chi connectivity index (χ1n) is 9.91. The van der Waals surface area contributed by atoms with Gasteiger partial charge in [-0.25, -0.2) is 14.2 Å². The minimum Gasteiger partial charge on any atom is -0.337 e. The van der Waals surface area contributed by atoms with Gasteiger partial charge >= 0.3 is 6.03 Å². The van der Waals surface area contributed by atoms with E-state index in [1.165, 1.54) is 11.6 Å². The van der Waals surface area contributed by atoms with Gasteiger partial charge in [0.2, 0.25) is 0 Å². The molecule has 1 atom stereocenters. The SMILES string of the molecule is Cc1cc(F)ccc1C1CCN(C(=O)NCC2CCCn3ccnc32)CC1. The Morgan fingerprint density at radius 2 is 2.07 bits per heavy atom. The molecule has 0 spiro atoms. The van der Waals surface area contributed by atoms with Crippen molar-refractivity contribution in [2.45, 2.75) is 51.0 Å². The number of fused-ring (bicyclic) bond motifs is 1. The van der Waals surface area contributed by atoms with Crippen LogP contribution in [0.4, 0.5) is 9.18 Å². The lowest BCUT2D eigenvalue weighted by Gasteiger charge is -2.33. The van der Waals surface area contributed by atoms with E-state index in [2.05, 4.69) is 14.9 Å². The second-order valence-corrected chi connectivity index (χ2v) is 7.77. The lowest BCUT2D eigenvalue weighted by molar-refractivity contribution is 0.180. The summed E-state index contributed by atoms with van der Waals surface area (Å²) >= 11 is 0. The second-order valence-electron chi connectivity index (χ2n) is 7.77. The summed E-state index contributed by atoms with van der Waals surface area (Å²) in [6.07, 6.45) is 7.92. The highest BCUT2D eigenvalue weighted by atomic mass is 19.1. The zero-order chi connectivity index (χ0) is 18.8. The number of nitrogens with one attached hydrogen (secondary N) is 1. The molecule has 1 aromatic heterocycles. The number of likely N-dealkylation sites (tertiary alicyclic amines) is 1. The number of carbonyl (C=O) groups excluding carboxylic acids is 1. The summed E-state index contributed by atoms with van der Waals surface area (Å²) in [6, 6.07) is 5.06. The van der Waals surface area contributed by atoms with Crippen LogP contribution in [-0.2, 0) is 6.54 Å². The molecule has 1 N–H and O–H groups in total. The summed E-state index contributed by atoms with van der Waals surface area (Å²) in [6.45, 7) is 5.12. The molecule has 6 heteroatoms. The first-order chi connectivity index (χ1) is 13.1. The third-order valence-electron chi connectivity index (χ3n) is 6.02. The number of hydrogen-bond acceptors (Lipinski definition) is 2. The van der Waals surface area contributed by atoms with Crippen molar-refractivity contribution in [2.75, 3.05) is 19.6 Å². The first kappa shape index (κ1) is 18.0. The van der Waals surface area contributed by atoms with Gasteiger partial charge in [-0.1, -0.05) is 6.07 Å². The van der Waals surface area contributed by atoms with Crippen molar-refractivity contribution in [2.24, 2.45) is 0 Å². The fourth-order valence-electron chi connectivity index (χ4n) is 4.51. The molecule has 144 valence electrons. The van der Waals surface area contributed by atoms with Crippen LogP contribution in [0.3, 0.4) is 0 Å². The predicted molar refractivity (Wildman–Crippen MR) is 102 cm³/mol. The zero-order valence-electron chi connectivity index (χ0n) is 15.8. The Bertz CT molecular complexity index is 810. The molecule has 1 unspecified atom stereocenters. The quantitative estimate of drug-likeness (QED) is 0.893. The molecule has 0 saturated carbocycles. The van der Waals surface area contributed by atoms with E-state index in [0.717, 1.165) is 56.7 Å². The molecule has 27 heavy (non-hydrogen) atoms. The lowest BCUT2D eigenvalue weighted by atomic mass is 9.87. The predicted octanol–water partition coefficient (Wildman–Crippen LogP) is 3.80. The van der Waals surface area contributed by atoms with Crippen molar-refractivity contribution in [1.82, 2.24) is 19.8 Å². The summed E-state index contributed by atoms with van der Waals surface area (Å²) < 4.78 is 15.5. The molecule has 1 saturated heterocycles. The molecule has 2 aliphatic heterocycles. The summed E-state index contributed by atoms with van der Waals surface area (Å²) in [7, 11) is 0. The second kappa shape index (κ2) is 7.71. The van der Waals surface area contributed by atoms with Gasteiger partial charge in [0.05, 0.1) is 0 Å². The van der Waals surface area contributed by atoms with Crippen molar-refractivity contribution in [1.29, 1.82) is 0 Å². The van der Waals surface area contributed by atoms with Gasteiger partial charge < -0.3 is 14.8 Å². The average Bonchev–Trinajstić information content (AvgIpc) is 3.16. The van der Waals surface area contributed by atoms with Crippen LogP contribution in [0.2, 0.25) is 0 Å². The molecule has 1 aromatic carbocycles. The fraction of sp³-hybridized carbons (Fsp3) is 0.524. The van der Waals surface area contributed by atoms with Gasteiger partial charge in [0, 0.05) is 44.5 Å². The van der Waals surface area contributed by atoms with E-state index in [4.69, 9.17) is 0 Å². The van der Waals surface area contributed by atoms with E-state index in [9.17, 15) is 9.18 Å². The van der Waals surface area contributed by atoms with Gasteiger partial charge in [0.15, 0.2) is 0 Å². The molecular formula is C21H27FN4O. The summed E-state index contributed by atoms with van der Waals surface area (Å²) in [4.78, 5) is 18.9.